The third kappa shape index (κ3) is 1.76. The van der Waals surface area contributed by atoms with Gasteiger partial charge in [-0.1, -0.05) is 40.2 Å². The molecule has 11 heavy (non-hydrogen) atoms. The van der Waals surface area contributed by atoms with Gasteiger partial charge in [-0.3, -0.25) is 0 Å². The van der Waals surface area contributed by atoms with Gasteiger partial charge in [0.1, 0.15) is 5.75 Å². The quantitative estimate of drug-likeness (QED) is 0.788. The highest BCUT2D eigenvalue weighted by molar-refractivity contribution is 9.10. The molecule has 0 saturated carbocycles. The Morgan fingerprint density at radius 2 is 2.18 bits per heavy atom. The van der Waals surface area contributed by atoms with E-state index in [4.69, 9.17) is 11.6 Å². The summed E-state index contributed by atoms with van der Waals surface area (Å²) in [5.41, 5.74) is 0.629. The fraction of sp³-hybridized carbons (Fsp3) is 0. The van der Waals surface area contributed by atoms with E-state index in [-0.39, 0.29) is 5.75 Å². The van der Waals surface area contributed by atoms with E-state index in [1.165, 1.54) is 0 Å². The Hall–Kier alpha value is -0.470. The Morgan fingerprint density at radius 3 is 2.73 bits per heavy atom. The standard InChI is InChI=1S/C8H6BrClO/c1-2-5-3-6(9)4-7(10)8(5)11/h2-4,11H,1H2. The fourth-order valence-corrected chi connectivity index (χ4v) is 1.58. The molecular formula is C8H6BrClO. The summed E-state index contributed by atoms with van der Waals surface area (Å²) in [6, 6.07) is 3.37. The Bertz CT molecular complexity index is 296. The highest BCUT2D eigenvalue weighted by Crippen LogP contribution is 2.31. The molecule has 1 aromatic rings. The van der Waals surface area contributed by atoms with Gasteiger partial charge in [0, 0.05) is 10.0 Å². The van der Waals surface area contributed by atoms with Gasteiger partial charge in [0.2, 0.25) is 0 Å². The third-order valence-electron chi connectivity index (χ3n) is 1.28. The Labute approximate surface area is 78.4 Å². The second kappa shape index (κ2) is 3.28. The smallest absolute Gasteiger partial charge is 0.141 e. The van der Waals surface area contributed by atoms with Crippen molar-refractivity contribution >= 4 is 33.6 Å². The van der Waals surface area contributed by atoms with Crippen LogP contribution < -0.4 is 0 Å². The summed E-state index contributed by atoms with van der Waals surface area (Å²) >= 11 is 8.91. The summed E-state index contributed by atoms with van der Waals surface area (Å²) in [6.45, 7) is 3.53. The number of benzene rings is 1. The highest BCUT2D eigenvalue weighted by atomic mass is 79.9. The zero-order chi connectivity index (χ0) is 8.43. The van der Waals surface area contributed by atoms with E-state index < -0.39 is 0 Å². The van der Waals surface area contributed by atoms with Crippen molar-refractivity contribution in [2.45, 2.75) is 0 Å². The van der Waals surface area contributed by atoms with Crippen LogP contribution in [0.2, 0.25) is 5.02 Å². The lowest BCUT2D eigenvalue weighted by Gasteiger charge is -2.01. The molecule has 3 heteroatoms. The summed E-state index contributed by atoms with van der Waals surface area (Å²) in [6.07, 6.45) is 1.55. The first-order valence-corrected chi connectivity index (χ1v) is 4.12. The largest absolute Gasteiger partial charge is 0.506 e. The molecule has 1 N–H and O–H groups in total. The molecule has 0 aliphatic rings. The first-order chi connectivity index (χ1) is 5.15. The molecular weight excluding hydrogens is 227 g/mol. The minimum atomic E-state index is 0.0740. The normalized spacial score (nSPS) is 9.64. The molecule has 0 bridgehead atoms. The van der Waals surface area contributed by atoms with Gasteiger partial charge < -0.3 is 5.11 Å². The maximum Gasteiger partial charge on any atom is 0.141 e. The average Bonchev–Trinajstić information content (AvgIpc) is 1.96. The van der Waals surface area contributed by atoms with Crippen molar-refractivity contribution in [3.05, 3.63) is 33.8 Å². The number of halogens is 2. The summed E-state index contributed by atoms with van der Waals surface area (Å²) in [4.78, 5) is 0. The predicted octanol–water partition coefficient (Wildman–Crippen LogP) is 3.45. The molecule has 0 amide bonds. The first-order valence-electron chi connectivity index (χ1n) is 2.95. The van der Waals surface area contributed by atoms with Crippen LogP contribution in [0.1, 0.15) is 5.56 Å². The number of hydrogen-bond donors (Lipinski definition) is 1. The van der Waals surface area contributed by atoms with Crippen molar-refractivity contribution in [1.29, 1.82) is 0 Å². The number of aromatic hydroxyl groups is 1. The van der Waals surface area contributed by atoms with E-state index >= 15 is 0 Å². The topological polar surface area (TPSA) is 20.2 Å². The van der Waals surface area contributed by atoms with Crippen molar-refractivity contribution in [2.24, 2.45) is 0 Å². The van der Waals surface area contributed by atoms with E-state index in [1.807, 2.05) is 0 Å². The summed E-state index contributed by atoms with van der Waals surface area (Å²) in [5.74, 6) is 0.0740. The monoisotopic (exact) mass is 232 g/mol. The van der Waals surface area contributed by atoms with Gasteiger partial charge in [0.05, 0.1) is 5.02 Å². The van der Waals surface area contributed by atoms with Crippen LogP contribution in [0.25, 0.3) is 6.08 Å². The number of rotatable bonds is 1. The zero-order valence-electron chi connectivity index (χ0n) is 5.64. The van der Waals surface area contributed by atoms with E-state index in [9.17, 15) is 5.11 Å². The second-order valence-electron chi connectivity index (χ2n) is 2.03. The molecule has 0 spiro atoms. The highest BCUT2D eigenvalue weighted by Gasteiger charge is 2.03. The van der Waals surface area contributed by atoms with E-state index in [0.717, 1.165) is 4.47 Å². The second-order valence-corrected chi connectivity index (χ2v) is 3.35. The average molecular weight is 233 g/mol. The number of phenols is 1. The van der Waals surface area contributed by atoms with Crippen LogP contribution in [0, 0.1) is 0 Å². The van der Waals surface area contributed by atoms with E-state index in [0.29, 0.717) is 10.6 Å². The van der Waals surface area contributed by atoms with Gasteiger partial charge >= 0.3 is 0 Å². The summed E-state index contributed by atoms with van der Waals surface area (Å²) in [7, 11) is 0. The molecule has 0 aliphatic heterocycles. The molecule has 0 atom stereocenters. The minimum Gasteiger partial charge on any atom is -0.506 e. The Kier molecular flexibility index (Phi) is 2.58. The van der Waals surface area contributed by atoms with Gasteiger partial charge in [0.15, 0.2) is 0 Å². The molecule has 1 nitrogen and oxygen atoms in total. The predicted molar refractivity (Wildman–Crippen MR) is 50.9 cm³/mol. The first kappa shape index (κ1) is 8.62. The molecule has 0 unspecified atom stereocenters. The summed E-state index contributed by atoms with van der Waals surface area (Å²) in [5, 5.41) is 9.63. The van der Waals surface area contributed by atoms with Crippen molar-refractivity contribution in [2.75, 3.05) is 0 Å². The molecule has 0 radical (unpaired) electrons. The van der Waals surface area contributed by atoms with Crippen LogP contribution in [0.3, 0.4) is 0 Å². The Morgan fingerprint density at radius 1 is 1.55 bits per heavy atom. The lowest BCUT2D eigenvalue weighted by molar-refractivity contribution is 0.474. The van der Waals surface area contributed by atoms with E-state index in [1.54, 1.807) is 18.2 Å². The van der Waals surface area contributed by atoms with E-state index in [2.05, 4.69) is 22.5 Å². The van der Waals surface area contributed by atoms with Crippen LogP contribution in [0.4, 0.5) is 0 Å². The SMILES string of the molecule is C=Cc1cc(Br)cc(Cl)c1O. The van der Waals surface area contributed by atoms with Crippen molar-refractivity contribution in [3.63, 3.8) is 0 Å². The van der Waals surface area contributed by atoms with Gasteiger partial charge in [0.25, 0.3) is 0 Å². The maximum atomic E-state index is 9.30. The number of hydrogen-bond acceptors (Lipinski definition) is 1. The van der Waals surface area contributed by atoms with Crippen LogP contribution in [-0.2, 0) is 0 Å². The van der Waals surface area contributed by atoms with Gasteiger partial charge in [-0.05, 0) is 12.1 Å². The molecule has 0 saturated heterocycles. The fourth-order valence-electron chi connectivity index (χ4n) is 0.741. The lowest BCUT2D eigenvalue weighted by atomic mass is 10.2. The zero-order valence-corrected chi connectivity index (χ0v) is 7.98. The van der Waals surface area contributed by atoms with Crippen molar-refractivity contribution in [1.82, 2.24) is 0 Å². The molecule has 0 aliphatic carbocycles. The van der Waals surface area contributed by atoms with Crippen molar-refractivity contribution < 1.29 is 5.11 Å². The Balaban J connectivity index is 3.35. The maximum absolute atomic E-state index is 9.30. The van der Waals surface area contributed by atoms with Gasteiger partial charge in [-0.25, -0.2) is 0 Å². The van der Waals surface area contributed by atoms with Crippen LogP contribution >= 0.6 is 27.5 Å². The lowest BCUT2D eigenvalue weighted by Crippen LogP contribution is -1.76. The van der Waals surface area contributed by atoms with Gasteiger partial charge in [-0.2, -0.15) is 0 Å². The number of phenolic OH excluding ortho intramolecular Hbond substituents is 1. The van der Waals surface area contributed by atoms with Crippen LogP contribution in [0.5, 0.6) is 5.75 Å². The molecule has 1 aromatic carbocycles. The molecule has 0 heterocycles. The third-order valence-corrected chi connectivity index (χ3v) is 2.02. The molecule has 0 aromatic heterocycles. The van der Waals surface area contributed by atoms with Gasteiger partial charge in [-0.15, -0.1) is 0 Å². The van der Waals surface area contributed by atoms with Crippen LogP contribution in [0.15, 0.2) is 23.2 Å². The summed E-state index contributed by atoms with van der Waals surface area (Å²) < 4.78 is 0.829. The molecule has 0 fully saturated rings. The van der Waals surface area contributed by atoms with Crippen LogP contribution in [-0.4, -0.2) is 5.11 Å². The molecule has 1 rings (SSSR count). The molecule has 58 valence electrons. The van der Waals surface area contributed by atoms with Crippen molar-refractivity contribution in [3.8, 4) is 5.75 Å². The minimum absolute atomic E-state index is 0.0740.